The third kappa shape index (κ3) is 5.55. The standard InChI is InChI=1S/C23H28FN3O2S/c1-4-5-6-16-29-18-12-10-17(11-13-18)22(28)27(15-14-26(2)3)23-25-21-19(24)8-7-9-20(21)30-23/h7-13H,4-6,14-16H2,1-3H3. The second-order valence-corrected chi connectivity index (χ2v) is 8.43. The van der Waals surface area contributed by atoms with E-state index in [0.717, 1.165) is 29.7 Å². The highest BCUT2D eigenvalue weighted by Crippen LogP contribution is 2.31. The van der Waals surface area contributed by atoms with Gasteiger partial charge < -0.3 is 9.64 Å². The molecule has 0 aliphatic rings. The van der Waals surface area contributed by atoms with Gasteiger partial charge in [0.05, 0.1) is 11.3 Å². The van der Waals surface area contributed by atoms with Gasteiger partial charge in [-0.25, -0.2) is 9.37 Å². The van der Waals surface area contributed by atoms with Gasteiger partial charge in [-0.15, -0.1) is 0 Å². The average molecular weight is 430 g/mol. The van der Waals surface area contributed by atoms with Crippen LogP contribution in [0.5, 0.6) is 5.75 Å². The van der Waals surface area contributed by atoms with E-state index in [2.05, 4.69) is 11.9 Å². The summed E-state index contributed by atoms with van der Waals surface area (Å²) >= 11 is 1.32. The number of carbonyl (C=O) groups is 1. The van der Waals surface area contributed by atoms with Crippen LogP contribution in [0.25, 0.3) is 10.2 Å². The van der Waals surface area contributed by atoms with Crippen molar-refractivity contribution in [3.63, 3.8) is 0 Å². The van der Waals surface area contributed by atoms with Gasteiger partial charge in [0.1, 0.15) is 17.1 Å². The zero-order valence-electron chi connectivity index (χ0n) is 17.7. The Labute approximate surface area is 181 Å². The zero-order valence-corrected chi connectivity index (χ0v) is 18.5. The van der Waals surface area contributed by atoms with E-state index in [9.17, 15) is 9.18 Å². The lowest BCUT2D eigenvalue weighted by atomic mass is 10.2. The van der Waals surface area contributed by atoms with Crippen LogP contribution in [0.15, 0.2) is 42.5 Å². The lowest BCUT2D eigenvalue weighted by Crippen LogP contribution is -2.36. The molecule has 0 aliphatic carbocycles. The van der Waals surface area contributed by atoms with E-state index in [0.29, 0.717) is 35.9 Å². The Morgan fingerprint density at radius 3 is 2.53 bits per heavy atom. The van der Waals surface area contributed by atoms with Crippen LogP contribution in [0.4, 0.5) is 9.52 Å². The number of fused-ring (bicyclic) bond motifs is 1. The van der Waals surface area contributed by atoms with E-state index in [1.54, 1.807) is 23.1 Å². The number of aromatic nitrogens is 1. The quantitative estimate of drug-likeness (QED) is 0.415. The number of hydrogen-bond donors (Lipinski definition) is 0. The highest BCUT2D eigenvalue weighted by atomic mass is 32.1. The van der Waals surface area contributed by atoms with Crippen LogP contribution in [0.1, 0.15) is 36.5 Å². The number of benzene rings is 2. The fraction of sp³-hybridized carbons (Fsp3) is 0.391. The maximum atomic E-state index is 14.1. The molecule has 30 heavy (non-hydrogen) atoms. The number of thiazole rings is 1. The highest BCUT2D eigenvalue weighted by molar-refractivity contribution is 7.22. The summed E-state index contributed by atoms with van der Waals surface area (Å²) in [6, 6.07) is 12.0. The number of unbranched alkanes of at least 4 members (excludes halogenated alkanes) is 2. The SMILES string of the molecule is CCCCCOc1ccc(C(=O)N(CCN(C)C)c2nc3c(F)cccc3s2)cc1. The topological polar surface area (TPSA) is 45.7 Å². The Morgan fingerprint density at radius 1 is 1.10 bits per heavy atom. The van der Waals surface area contributed by atoms with Crippen molar-refractivity contribution in [2.45, 2.75) is 26.2 Å². The average Bonchev–Trinajstić information content (AvgIpc) is 3.17. The fourth-order valence-corrected chi connectivity index (χ4v) is 4.00. The molecule has 160 valence electrons. The van der Waals surface area contributed by atoms with Gasteiger partial charge in [-0.05, 0) is 56.9 Å². The Morgan fingerprint density at radius 2 is 1.87 bits per heavy atom. The summed E-state index contributed by atoms with van der Waals surface area (Å²) in [4.78, 5) is 21.3. The number of ether oxygens (including phenoxy) is 1. The predicted molar refractivity (Wildman–Crippen MR) is 121 cm³/mol. The molecule has 0 saturated carbocycles. The van der Waals surface area contributed by atoms with Gasteiger partial charge in [0.15, 0.2) is 5.13 Å². The van der Waals surface area contributed by atoms with Gasteiger partial charge in [0.25, 0.3) is 5.91 Å². The van der Waals surface area contributed by atoms with Crippen molar-refractivity contribution in [2.24, 2.45) is 0 Å². The van der Waals surface area contributed by atoms with Crippen LogP contribution >= 0.6 is 11.3 Å². The van der Waals surface area contributed by atoms with Crippen molar-refractivity contribution in [2.75, 3.05) is 38.7 Å². The molecule has 3 aromatic rings. The third-order valence-corrected chi connectivity index (χ3v) is 5.77. The molecular formula is C23H28FN3O2S. The molecule has 1 heterocycles. The van der Waals surface area contributed by atoms with Crippen LogP contribution in [0.3, 0.4) is 0 Å². The molecule has 0 atom stereocenters. The lowest BCUT2D eigenvalue weighted by Gasteiger charge is -2.22. The number of likely N-dealkylation sites (N-methyl/N-ethyl adjacent to an activating group) is 1. The minimum absolute atomic E-state index is 0.158. The van der Waals surface area contributed by atoms with Gasteiger partial charge in [0, 0.05) is 18.7 Å². The van der Waals surface area contributed by atoms with E-state index >= 15 is 0 Å². The first-order chi connectivity index (χ1) is 14.5. The summed E-state index contributed by atoms with van der Waals surface area (Å²) in [6.45, 7) is 3.96. The molecule has 0 bridgehead atoms. The number of anilines is 1. The van der Waals surface area contributed by atoms with Gasteiger partial charge in [-0.3, -0.25) is 9.69 Å². The van der Waals surface area contributed by atoms with Crippen LogP contribution in [-0.2, 0) is 0 Å². The van der Waals surface area contributed by atoms with Crippen molar-refractivity contribution in [3.8, 4) is 5.75 Å². The maximum Gasteiger partial charge on any atom is 0.260 e. The minimum atomic E-state index is -0.375. The summed E-state index contributed by atoms with van der Waals surface area (Å²) in [5, 5.41) is 0.502. The molecule has 0 aliphatic heterocycles. The summed E-state index contributed by atoms with van der Waals surface area (Å²) < 4.78 is 20.6. The molecule has 7 heteroatoms. The molecule has 3 rings (SSSR count). The molecule has 2 aromatic carbocycles. The molecule has 5 nitrogen and oxygen atoms in total. The van der Waals surface area contributed by atoms with Crippen molar-refractivity contribution in [1.82, 2.24) is 9.88 Å². The molecular weight excluding hydrogens is 401 g/mol. The highest BCUT2D eigenvalue weighted by Gasteiger charge is 2.22. The maximum absolute atomic E-state index is 14.1. The van der Waals surface area contributed by atoms with Crippen LogP contribution in [0, 0.1) is 5.82 Å². The summed E-state index contributed by atoms with van der Waals surface area (Å²) in [6.07, 6.45) is 3.30. The Bertz CT molecular complexity index is 972. The monoisotopic (exact) mass is 429 g/mol. The van der Waals surface area contributed by atoms with E-state index < -0.39 is 0 Å². The number of hydrogen-bond acceptors (Lipinski definition) is 5. The number of nitrogens with zero attached hydrogens (tertiary/aromatic N) is 3. The largest absolute Gasteiger partial charge is 0.494 e. The van der Waals surface area contributed by atoms with Crippen molar-refractivity contribution in [3.05, 3.63) is 53.8 Å². The van der Waals surface area contributed by atoms with Gasteiger partial charge >= 0.3 is 0 Å². The molecule has 1 aromatic heterocycles. The van der Waals surface area contributed by atoms with Gasteiger partial charge in [-0.2, -0.15) is 0 Å². The smallest absolute Gasteiger partial charge is 0.260 e. The van der Waals surface area contributed by atoms with E-state index in [-0.39, 0.29) is 11.7 Å². The van der Waals surface area contributed by atoms with Crippen molar-refractivity contribution >= 4 is 32.6 Å². The number of para-hydroxylation sites is 1. The van der Waals surface area contributed by atoms with Gasteiger partial charge in [0.2, 0.25) is 0 Å². The first kappa shape index (κ1) is 22.2. The fourth-order valence-electron chi connectivity index (χ4n) is 2.99. The van der Waals surface area contributed by atoms with Crippen molar-refractivity contribution in [1.29, 1.82) is 0 Å². The van der Waals surface area contributed by atoms with Crippen LogP contribution in [0.2, 0.25) is 0 Å². The van der Waals surface area contributed by atoms with Crippen LogP contribution < -0.4 is 9.64 Å². The second-order valence-electron chi connectivity index (χ2n) is 7.42. The predicted octanol–water partition coefficient (Wildman–Crippen LogP) is 5.21. The Kier molecular flexibility index (Phi) is 7.76. The Hall–Kier alpha value is -2.51. The third-order valence-electron chi connectivity index (χ3n) is 4.72. The normalized spacial score (nSPS) is 11.2. The number of halogens is 1. The summed E-state index contributed by atoms with van der Waals surface area (Å²) in [7, 11) is 3.90. The van der Waals surface area contributed by atoms with Crippen molar-refractivity contribution < 1.29 is 13.9 Å². The molecule has 0 N–H and O–H groups in total. The van der Waals surface area contributed by atoms with Crippen LogP contribution in [-0.4, -0.2) is 49.6 Å². The summed E-state index contributed by atoms with van der Waals surface area (Å²) in [5.41, 5.74) is 0.852. The molecule has 1 amide bonds. The molecule has 0 fully saturated rings. The van der Waals surface area contributed by atoms with E-state index in [1.807, 2.05) is 37.2 Å². The molecule has 0 spiro atoms. The Balaban J connectivity index is 1.80. The second kappa shape index (κ2) is 10.5. The first-order valence-electron chi connectivity index (χ1n) is 10.2. The first-order valence-corrected chi connectivity index (χ1v) is 11.1. The zero-order chi connectivity index (χ0) is 21.5. The molecule has 0 saturated heterocycles. The number of carbonyl (C=O) groups excluding carboxylic acids is 1. The van der Waals surface area contributed by atoms with E-state index in [4.69, 9.17) is 4.74 Å². The lowest BCUT2D eigenvalue weighted by molar-refractivity contribution is 0.0985. The molecule has 0 unspecified atom stereocenters. The van der Waals surface area contributed by atoms with Gasteiger partial charge in [-0.1, -0.05) is 37.2 Å². The summed E-state index contributed by atoms with van der Waals surface area (Å²) in [5.74, 6) is 0.220. The van der Waals surface area contributed by atoms with E-state index in [1.165, 1.54) is 17.4 Å². The molecule has 0 radical (unpaired) electrons. The number of rotatable bonds is 10. The minimum Gasteiger partial charge on any atom is -0.494 e. The number of amides is 1.